The normalized spacial score (nSPS) is 11.1. The second-order valence-electron chi connectivity index (χ2n) is 2.88. The van der Waals surface area contributed by atoms with Gasteiger partial charge in [0.1, 0.15) is 0 Å². The predicted molar refractivity (Wildman–Crippen MR) is 53.0 cm³/mol. The van der Waals surface area contributed by atoms with Crippen LogP contribution < -0.4 is 5.32 Å². The van der Waals surface area contributed by atoms with Gasteiger partial charge in [-0.1, -0.05) is 0 Å². The number of nitro benzene ring substituents is 1. The molecule has 0 radical (unpaired) electrons. The summed E-state index contributed by atoms with van der Waals surface area (Å²) in [7, 11) is 0. The van der Waals surface area contributed by atoms with Gasteiger partial charge in [0.15, 0.2) is 0 Å². The first-order valence-corrected chi connectivity index (χ1v) is 4.41. The van der Waals surface area contributed by atoms with Gasteiger partial charge in [0.2, 0.25) is 0 Å². The van der Waals surface area contributed by atoms with Gasteiger partial charge in [0, 0.05) is 12.1 Å². The number of non-ortho nitro benzene ring substituents is 1. The number of nitro groups is 1. The molecule has 0 saturated carbocycles. The highest BCUT2D eigenvalue weighted by molar-refractivity contribution is 6.65. The van der Waals surface area contributed by atoms with Crippen LogP contribution in [-0.2, 0) is 6.18 Å². The minimum absolute atomic E-state index is 0.322. The predicted octanol–water partition coefficient (Wildman–Crippen LogP) is 3.38. The summed E-state index contributed by atoms with van der Waals surface area (Å²) in [5.74, 6) is 0. The molecule has 17 heavy (non-hydrogen) atoms. The van der Waals surface area contributed by atoms with Crippen LogP contribution in [-0.4, -0.2) is 10.3 Å². The van der Waals surface area contributed by atoms with E-state index in [-0.39, 0.29) is 0 Å². The molecule has 0 aliphatic carbocycles. The maximum absolute atomic E-state index is 12.5. The van der Waals surface area contributed by atoms with Crippen LogP contribution in [0.15, 0.2) is 18.2 Å². The molecule has 0 bridgehead atoms. The van der Waals surface area contributed by atoms with Crippen LogP contribution >= 0.6 is 11.6 Å². The van der Waals surface area contributed by atoms with Crippen molar-refractivity contribution in [3.8, 4) is 0 Å². The van der Waals surface area contributed by atoms with E-state index in [4.69, 9.17) is 11.6 Å². The van der Waals surface area contributed by atoms with Gasteiger partial charge < -0.3 is 5.32 Å². The highest BCUT2D eigenvalue weighted by atomic mass is 35.5. The Balaban J connectivity index is 3.31. The minimum atomic E-state index is -4.83. The zero-order valence-electron chi connectivity index (χ0n) is 7.92. The first-order valence-electron chi connectivity index (χ1n) is 4.04. The van der Waals surface area contributed by atoms with Gasteiger partial charge in [-0.2, -0.15) is 13.2 Å². The quantitative estimate of drug-likeness (QED) is 0.387. The number of halogens is 4. The molecule has 9 heteroatoms. The summed E-state index contributed by atoms with van der Waals surface area (Å²) in [6.07, 6.45) is -4.83. The minimum Gasteiger partial charge on any atom is -0.312 e. The molecule has 0 aromatic heterocycles. The second-order valence-corrected chi connectivity index (χ2v) is 3.23. The van der Waals surface area contributed by atoms with Crippen LogP contribution in [0.3, 0.4) is 0 Å². The van der Waals surface area contributed by atoms with E-state index in [1.807, 2.05) is 0 Å². The summed E-state index contributed by atoms with van der Waals surface area (Å²) >= 11 is 4.89. The molecule has 0 spiro atoms. The Labute approximate surface area is 97.3 Å². The molecule has 1 N–H and O–H groups in total. The van der Waals surface area contributed by atoms with Gasteiger partial charge in [-0.15, -0.1) is 0 Å². The fourth-order valence-corrected chi connectivity index (χ4v) is 1.20. The molecule has 0 saturated heterocycles. The number of alkyl halides is 3. The lowest BCUT2D eigenvalue weighted by Gasteiger charge is -2.11. The monoisotopic (exact) mass is 268 g/mol. The van der Waals surface area contributed by atoms with E-state index in [9.17, 15) is 28.1 Å². The Morgan fingerprint density at radius 3 is 2.41 bits per heavy atom. The number of anilines is 1. The van der Waals surface area contributed by atoms with Crippen molar-refractivity contribution in [2.24, 2.45) is 0 Å². The zero-order chi connectivity index (χ0) is 13.2. The highest BCUT2D eigenvalue weighted by Gasteiger charge is 2.35. The van der Waals surface area contributed by atoms with Gasteiger partial charge in [-0.3, -0.25) is 14.9 Å². The van der Waals surface area contributed by atoms with Crippen molar-refractivity contribution < 1.29 is 22.9 Å². The SMILES string of the molecule is O=C(Cl)Nc1ccc([N+](=O)[O-])cc1C(F)(F)F. The molecule has 0 aliphatic heterocycles. The zero-order valence-corrected chi connectivity index (χ0v) is 8.67. The summed E-state index contributed by atoms with van der Waals surface area (Å²) in [6, 6.07) is 1.92. The van der Waals surface area contributed by atoms with Crippen molar-refractivity contribution in [2.75, 3.05) is 5.32 Å². The van der Waals surface area contributed by atoms with E-state index in [2.05, 4.69) is 0 Å². The fourth-order valence-electron chi connectivity index (χ4n) is 1.10. The molecule has 5 nitrogen and oxygen atoms in total. The van der Waals surface area contributed by atoms with Crippen LogP contribution in [0.25, 0.3) is 0 Å². The lowest BCUT2D eigenvalue weighted by Crippen LogP contribution is -2.12. The van der Waals surface area contributed by atoms with Gasteiger partial charge >= 0.3 is 11.5 Å². The first kappa shape index (κ1) is 13.2. The maximum Gasteiger partial charge on any atom is 0.418 e. The van der Waals surface area contributed by atoms with E-state index in [1.165, 1.54) is 0 Å². The molecule has 1 rings (SSSR count). The summed E-state index contributed by atoms with van der Waals surface area (Å²) in [5, 5.41) is 10.9. The third-order valence-electron chi connectivity index (χ3n) is 1.75. The van der Waals surface area contributed by atoms with E-state index in [0.29, 0.717) is 6.07 Å². The van der Waals surface area contributed by atoms with Crippen molar-refractivity contribution in [1.29, 1.82) is 0 Å². The molecule has 92 valence electrons. The summed E-state index contributed by atoms with van der Waals surface area (Å²) in [6.45, 7) is 0. The van der Waals surface area contributed by atoms with Gasteiger partial charge in [0.05, 0.1) is 16.2 Å². The Morgan fingerprint density at radius 2 is 2.00 bits per heavy atom. The van der Waals surface area contributed by atoms with E-state index in [1.54, 1.807) is 5.32 Å². The molecule has 0 atom stereocenters. The number of nitrogens with one attached hydrogen (secondary N) is 1. The van der Waals surface area contributed by atoms with Crippen LogP contribution in [0.1, 0.15) is 5.56 Å². The topological polar surface area (TPSA) is 72.2 Å². The standard InChI is InChI=1S/C8H4ClF3N2O3/c9-7(15)13-6-2-1-4(14(16)17)3-5(6)8(10,11)12/h1-3H,(H,13,15). The van der Waals surface area contributed by atoms with Gasteiger partial charge in [-0.05, 0) is 17.7 Å². The molecule has 0 fully saturated rings. The summed E-state index contributed by atoms with van der Waals surface area (Å²) in [5.41, 5.74) is -2.70. The van der Waals surface area contributed by atoms with Gasteiger partial charge in [-0.25, -0.2) is 0 Å². The first-order chi connectivity index (χ1) is 7.71. The van der Waals surface area contributed by atoms with Crippen molar-refractivity contribution >= 4 is 28.3 Å². The number of carbonyl (C=O) groups is 1. The van der Waals surface area contributed by atoms with Crippen LogP contribution in [0, 0.1) is 10.1 Å². The Hall–Kier alpha value is -1.83. The molecule has 1 aromatic rings. The number of rotatable bonds is 2. The lowest BCUT2D eigenvalue weighted by atomic mass is 10.1. The van der Waals surface area contributed by atoms with Crippen molar-refractivity contribution in [3.63, 3.8) is 0 Å². The molecule has 0 heterocycles. The molecule has 1 amide bonds. The third kappa shape index (κ3) is 3.31. The van der Waals surface area contributed by atoms with E-state index >= 15 is 0 Å². The smallest absolute Gasteiger partial charge is 0.312 e. The number of hydrogen-bond donors (Lipinski definition) is 1. The number of hydrogen-bond acceptors (Lipinski definition) is 3. The van der Waals surface area contributed by atoms with Crippen molar-refractivity contribution in [1.82, 2.24) is 0 Å². The summed E-state index contributed by atoms with van der Waals surface area (Å²) < 4.78 is 37.6. The van der Waals surface area contributed by atoms with Crippen LogP contribution in [0.5, 0.6) is 0 Å². The highest BCUT2D eigenvalue weighted by Crippen LogP contribution is 2.37. The number of benzene rings is 1. The van der Waals surface area contributed by atoms with Crippen molar-refractivity contribution in [3.05, 3.63) is 33.9 Å². The third-order valence-corrected chi connectivity index (χ3v) is 1.85. The second kappa shape index (κ2) is 4.58. The van der Waals surface area contributed by atoms with Crippen LogP contribution in [0.4, 0.5) is 29.3 Å². The number of carbonyl (C=O) groups excluding carboxylic acids is 1. The number of amides is 1. The van der Waals surface area contributed by atoms with Gasteiger partial charge in [0.25, 0.3) is 5.69 Å². The van der Waals surface area contributed by atoms with Crippen molar-refractivity contribution in [2.45, 2.75) is 6.18 Å². The summed E-state index contributed by atoms with van der Waals surface area (Å²) in [4.78, 5) is 19.8. The Morgan fingerprint density at radius 1 is 1.41 bits per heavy atom. The molecule has 0 aliphatic rings. The number of nitrogens with zero attached hydrogens (tertiary/aromatic N) is 1. The fraction of sp³-hybridized carbons (Fsp3) is 0.125. The van der Waals surface area contributed by atoms with Crippen LogP contribution in [0.2, 0.25) is 0 Å². The maximum atomic E-state index is 12.5. The van der Waals surface area contributed by atoms with E-state index in [0.717, 1.165) is 12.1 Å². The largest absolute Gasteiger partial charge is 0.418 e. The average molecular weight is 269 g/mol. The molecular weight excluding hydrogens is 265 g/mol. The lowest BCUT2D eigenvalue weighted by molar-refractivity contribution is -0.385. The molecular formula is C8H4ClF3N2O3. The Kier molecular flexibility index (Phi) is 3.56. The van der Waals surface area contributed by atoms with E-state index < -0.39 is 33.4 Å². The molecule has 0 unspecified atom stereocenters. The molecule has 1 aromatic carbocycles. The average Bonchev–Trinajstić information content (AvgIpc) is 2.15. The Bertz CT molecular complexity index is 476.